The maximum atomic E-state index is 12.6. The number of rotatable bonds is 5. The van der Waals surface area contributed by atoms with Gasteiger partial charge in [0.2, 0.25) is 0 Å². The van der Waals surface area contributed by atoms with Gasteiger partial charge in [-0.25, -0.2) is 4.99 Å². The van der Waals surface area contributed by atoms with Gasteiger partial charge >= 0.3 is 0 Å². The topological polar surface area (TPSA) is 53.5 Å². The summed E-state index contributed by atoms with van der Waals surface area (Å²) < 4.78 is 0. The highest BCUT2D eigenvalue weighted by molar-refractivity contribution is 6.34. The van der Waals surface area contributed by atoms with Gasteiger partial charge in [0.05, 0.1) is 17.1 Å². The van der Waals surface area contributed by atoms with Crippen molar-refractivity contribution >= 4 is 23.5 Å². The summed E-state index contributed by atoms with van der Waals surface area (Å²) in [4.78, 5) is 17.1. The van der Waals surface area contributed by atoms with Gasteiger partial charge in [0, 0.05) is 6.54 Å². The minimum Gasteiger partial charge on any atom is -0.352 e. The van der Waals surface area contributed by atoms with Gasteiger partial charge in [0.1, 0.15) is 0 Å². The molecule has 0 saturated heterocycles. The van der Waals surface area contributed by atoms with E-state index in [1.54, 1.807) is 24.3 Å². The summed E-state index contributed by atoms with van der Waals surface area (Å²) in [7, 11) is 0. The minimum absolute atomic E-state index is 0.298. The zero-order chi connectivity index (χ0) is 18.9. The van der Waals surface area contributed by atoms with Crippen molar-refractivity contribution < 1.29 is 4.79 Å². The lowest BCUT2D eigenvalue weighted by Crippen LogP contribution is -2.40. The van der Waals surface area contributed by atoms with Gasteiger partial charge in [0.25, 0.3) is 5.91 Å². The zero-order valence-electron chi connectivity index (χ0n) is 14.7. The number of nitrogens with zero attached hydrogens (tertiary/aromatic N) is 1. The van der Waals surface area contributed by atoms with E-state index < -0.39 is 0 Å². The lowest BCUT2D eigenvalue weighted by molar-refractivity contribution is 0.0976. The number of hydrogen-bond acceptors (Lipinski definition) is 2. The van der Waals surface area contributed by atoms with E-state index in [4.69, 9.17) is 11.6 Å². The number of aliphatic imine (C=N–C) groups is 1. The third-order valence-electron chi connectivity index (χ3n) is 3.92. The van der Waals surface area contributed by atoms with Crippen LogP contribution >= 0.6 is 11.6 Å². The van der Waals surface area contributed by atoms with Crippen molar-refractivity contribution in [1.82, 2.24) is 10.6 Å². The molecular weight excluding hydrogens is 358 g/mol. The molecule has 0 radical (unpaired) electrons. The first-order chi connectivity index (χ1) is 13.2. The van der Waals surface area contributed by atoms with Gasteiger partial charge < -0.3 is 5.32 Å². The summed E-state index contributed by atoms with van der Waals surface area (Å²) in [6.07, 6.45) is 0. The largest absolute Gasteiger partial charge is 0.352 e. The van der Waals surface area contributed by atoms with Crippen LogP contribution in [0.25, 0.3) is 0 Å². The van der Waals surface area contributed by atoms with Crippen molar-refractivity contribution in [3.05, 3.63) is 107 Å². The van der Waals surface area contributed by atoms with Crippen LogP contribution in [0.15, 0.2) is 89.9 Å². The molecule has 0 aliphatic carbocycles. The Hall–Kier alpha value is -3.11. The van der Waals surface area contributed by atoms with E-state index in [0.29, 0.717) is 29.6 Å². The molecule has 2 N–H and O–H groups in total. The standard InChI is InChI=1S/C22H20ClN3O/c23-20-14-8-7-13-19(20)21(27)26-22(24-15-17-9-3-1-4-10-17)25-16-18-11-5-2-6-12-18/h1-14H,15-16H2,(H2,24,25,26,27). The van der Waals surface area contributed by atoms with E-state index in [1.807, 2.05) is 60.7 Å². The Bertz CT molecular complexity index is 911. The van der Waals surface area contributed by atoms with E-state index in [2.05, 4.69) is 15.6 Å². The van der Waals surface area contributed by atoms with Crippen molar-refractivity contribution in [1.29, 1.82) is 0 Å². The zero-order valence-corrected chi connectivity index (χ0v) is 15.5. The van der Waals surface area contributed by atoms with Crippen LogP contribution in [0, 0.1) is 0 Å². The molecule has 0 aliphatic rings. The van der Waals surface area contributed by atoms with Crippen LogP contribution in [0.3, 0.4) is 0 Å². The summed E-state index contributed by atoms with van der Waals surface area (Å²) >= 11 is 6.13. The fourth-order valence-corrected chi connectivity index (χ4v) is 2.72. The number of carbonyl (C=O) groups excluding carboxylic acids is 1. The second-order valence-electron chi connectivity index (χ2n) is 5.92. The molecule has 0 fully saturated rings. The lowest BCUT2D eigenvalue weighted by Gasteiger charge is -2.12. The predicted molar refractivity (Wildman–Crippen MR) is 110 cm³/mol. The van der Waals surface area contributed by atoms with Crippen molar-refractivity contribution in [3.63, 3.8) is 0 Å². The van der Waals surface area contributed by atoms with Crippen LogP contribution in [-0.2, 0) is 13.1 Å². The third-order valence-corrected chi connectivity index (χ3v) is 4.25. The first kappa shape index (κ1) is 18.7. The average molecular weight is 378 g/mol. The Morgan fingerprint density at radius 1 is 0.815 bits per heavy atom. The van der Waals surface area contributed by atoms with Crippen molar-refractivity contribution in [3.8, 4) is 0 Å². The number of benzene rings is 3. The summed E-state index contributed by atoms with van der Waals surface area (Å²) in [5.74, 6) is 0.112. The Balaban J connectivity index is 1.74. The highest BCUT2D eigenvalue weighted by Gasteiger charge is 2.12. The number of carbonyl (C=O) groups is 1. The maximum Gasteiger partial charge on any atom is 0.259 e. The normalized spacial score (nSPS) is 11.1. The summed E-state index contributed by atoms with van der Waals surface area (Å²) in [5.41, 5.74) is 2.56. The molecule has 27 heavy (non-hydrogen) atoms. The van der Waals surface area contributed by atoms with Gasteiger partial charge in [-0.1, -0.05) is 84.4 Å². The molecule has 3 aromatic rings. The van der Waals surface area contributed by atoms with Crippen molar-refractivity contribution in [2.75, 3.05) is 0 Å². The highest BCUT2D eigenvalue weighted by atomic mass is 35.5. The first-order valence-electron chi connectivity index (χ1n) is 8.64. The van der Waals surface area contributed by atoms with Crippen LogP contribution < -0.4 is 10.6 Å². The smallest absolute Gasteiger partial charge is 0.259 e. The Labute approximate surface area is 163 Å². The molecule has 0 saturated carbocycles. The van der Waals surface area contributed by atoms with Crippen LogP contribution in [0.2, 0.25) is 5.02 Å². The van der Waals surface area contributed by atoms with E-state index >= 15 is 0 Å². The third kappa shape index (κ3) is 5.69. The van der Waals surface area contributed by atoms with Gasteiger partial charge in [-0.05, 0) is 23.3 Å². The summed E-state index contributed by atoms with van der Waals surface area (Å²) in [5, 5.41) is 6.43. The second-order valence-corrected chi connectivity index (χ2v) is 6.33. The van der Waals surface area contributed by atoms with E-state index in [1.165, 1.54) is 0 Å². The van der Waals surface area contributed by atoms with Gasteiger partial charge in [-0.15, -0.1) is 0 Å². The van der Waals surface area contributed by atoms with Crippen LogP contribution in [0.4, 0.5) is 0 Å². The lowest BCUT2D eigenvalue weighted by atomic mass is 10.2. The SMILES string of the molecule is O=C(NC(=NCc1ccccc1)NCc1ccccc1)c1ccccc1Cl. The van der Waals surface area contributed by atoms with Crippen LogP contribution in [-0.4, -0.2) is 11.9 Å². The Morgan fingerprint density at radius 2 is 1.41 bits per heavy atom. The molecule has 3 rings (SSSR count). The monoisotopic (exact) mass is 377 g/mol. The van der Waals surface area contributed by atoms with Crippen molar-refractivity contribution in [2.45, 2.75) is 13.1 Å². The summed E-state index contributed by atoms with van der Waals surface area (Å²) in [6.45, 7) is 1.01. The highest BCUT2D eigenvalue weighted by Crippen LogP contribution is 2.14. The van der Waals surface area contributed by atoms with E-state index in [9.17, 15) is 4.79 Å². The molecule has 3 aromatic carbocycles. The summed E-state index contributed by atoms with van der Waals surface area (Å²) in [6, 6.07) is 26.7. The number of nitrogens with one attached hydrogen (secondary N) is 2. The molecule has 4 nitrogen and oxygen atoms in total. The molecule has 5 heteroatoms. The van der Waals surface area contributed by atoms with E-state index in [-0.39, 0.29) is 5.91 Å². The Morgan fingerprint density at radius 3 is 2.07 bits per heavy atom. The predicted octanol–water partition coefficient (Wildman–Crippen LogP) is 4.42. The van der Waals surface area contributed by atoms with E-state index in [0.717, 1.165) is 11.1 Å². The molecule has 1 amide bonds. The average Bonchev–Trinajstić information content (AvgIpc) is 2.72. The van der Waals surface area contributed by atoms with Gasteiger partial charge in [-0.3, -0.25) is 10.1 Å². The molecule has 0 aliphatic heterocycles. The Kier molecular flexibility index (Phi) is 6.61. The molecule has 0 spiro atoms. The molecule has 0 aromatic heterocycles. The molecular formula is C22H20ClN3O. The molecule has 136 valence electrons. The van der Waals surface area contributed by atoms with Crippen LogP contribution in [0.5, 0.6) is 0 Å². The fraction of sp³-hybridized carbons (Fsp3) is 0.0909. The molecule has 0 unspecified atom stereocenters. The fourth-order valence-electron chi connectivity index (χ4n) is 2.50. The minimum atomic E-state index is -0.298. The van der Waals surface area contributed by atoms with Gasteiger partial charge in [0.15, 0.2) is 5.96 Å². The number of hydrogen-bond donors (Lipinski definition) is 2. The van der Waals surface area contributed by atoms with Gasteiger partial charge in [-0.2, -0.15) is 0 Å². The quantitative estimate of drug-likeness (QED) is 0.511. The first-order valence-corrected chi connectivity index (χ1v) is 9.02. The molecule has 0 atom stereocenters. The maximum absolute atomic E-state index is 12.6. The van der Waals surface area contributed by atoms with Crippen molar-refractivity contribution in [2.24, 2.45) is 4.99 Å². The molecule has 0 heterocycles. The molecule has 0 bridgehead atoms. The number of amides is 1. The number of halogens is 1. The van der Waals surface area contributed by atoms with Crippen LogP contribution in [0.1, 0.15) is 21.5 Å². The second kappa shape index (κ2) is 9.55. The number of guanidine groups is 1.